The van der Waals surface area contributed by atoms with Crippen molar-refractivity contribution in [2.45, 2.75) is 92.6 Å². The molecule has 0 unspecified atom stereocenters. The van der Waals surface area contributed by atoms with E-state index in [9.17, 15) is 5.26 Å². The molecule has 25 heavy (non-hydrogen) atoms. The van der Waals surface area contributed by atoms with E-state index in [-0.39, 0.29) is 16.9 Å². The molecule has 0 bridgehead atoms. The van der Waals surface area contributed by atoms with Crippen LogP contribution in [0.4, 0.5) is 0 Å². The number of hydrogen-bond acceptors (Lipinski definition) is 2. The first-order valence-electron chi connectivity index (χ1n) is 10.3. The fourth-order valence-electron chi connectivity index (χ4n) is 7.43. The molecule has 4 aliphatic rings. The minimum absolute atomic E-state index is 0.0206. The van der Waals surface area contributed by atoms with E-state index in [0.717, 1.165) is 19.3 Å². The molecule has 0 aromatic rings. The van der Waals surface area contributed by atoms with E-state index in [2.05, 4.69) is 53.7 Å². The highest BCUT2D eigenvalue weighted by Crippen LogP contribution is 2.77. The van der Waals surface area contributed by atoms with Gasteiger partial charge < -0.3 is 0 Å². The topological polar surface area (TPSA) is 29.5 Å². The van der Waals surface area contributed by atoms with Crippen LogP contribution in [0.15, 0.2) is 23.3 Å². The second-order valence-corrected chi connectivity index (χ2v) is 11.0. The number of rotatable bonds is 1. The predicted octanol–water partition coefficient (Wildman–Crippen LogP) is 6.53. The molecule has 3 fully saturated rings. The van der Waals surface area contributed by atoms with E-state index in [1.54, 1.807) is 5.57 Å². The molecule has 0 saturated heterocycles. The molecule has 0 aromatic heterocycles. The predicted molar refractivity (Wildman–Crippen MR) is 102 cm³/mol. The van der Waals surface area contributed by atoms with Crippen LogP contribution in [0, 0.1) is 27.1 Å². The molecule has 0 heterocycles. The first-order valence-corrected chi connectivity index (χ1v) is 10.3. The van der Waals surface area contributed by atoms with Crippen molar-refractivity contribution < 1.29 is 10.1 Å². The minimum Gasteiger partial charge on any atom is -0.252 e. The monoisotopic (exact) mass is 344 g/mol. The molecule has 3 saturated carbocycles. The summed E-state index contributed by atoms with van der Waals surface area (Å²) in [5.74, 6) is 0. The Labute approximate surface area is 153 Å². The molecule has 4 rings (SSSR count). The standard InChI is InChI=1S/C23H36O2/c1-19(2)11-12-22(5)18-8-7-16-15-17(25-24)9-10-20(16,3)21(18,4)13-14-23(19,22)6/h7-8,17,24H,9-15H2,1-6H3/t17-,20-,21-,22-,23+/m0/s1. The summed E-state index contributed by atoms with van der Waals surface area (Å²) < 4.78 is 0. The van der Waals surface area contributed by atoms with Crippen molar-refractivity contribution >= 4 is 0 Å². The highest BCUT2D eigenvalue weighted by atomic mass is 17.1. The van der Waals surface area contributed by atoms with Crippen LogP contribution in [-0.2, 0) is 4.89 Å². The molecule has 0 amide bonds. The van der Waals surface area contributed by atoms with E-state index in [0.29, 0.717) is 16.2 Å². The molecule has 4 aliphatic carbocycles. The zero-order chi connectivity index (χ0) is 18.3. The van der Waals surface area contributed by atoms with Crippen molar-refractivity contribution in [3.63, 3.8) is 0 Å². The Bertz CT molecular complexity index is 659. The van der Waals surface area contributed by atoms with E-state index < -0.39 is 0 Å². The molecule has 0 radical (unpaired) electrons. The summed E-state index contributed by atoms with van der Waals surface area (Å²) in [6.45, 7) is 15.2. The van der Waals surface area contributed by atoms with Crippen molar-refractivity contribution in [1.82, 2.24) is 0 Å². The molecule has 5 atom stereocenters. The van der Waals surface area contributed by atoms with Crippen molar-refractivity contribution in [1.29, 1.82) is 0 Å². The molecule has 0 aromatic carbocycles. The highest BCUT2D eigenvalue weighted by molar-refractivity contribution is 5.45. The Morgan fingerprint density at radius 2 is 1.52 bits per heavy atom. The lowest BCUT2D eigenvalue weighted by Crippen LogP contribution is -2.57. The van der Waals surface area contributed by atoms with Crippen LogP contribution >= 0.6 is 0 Å². The fourth-order valence-corrected chi connectivity index (χ4v) is 7.43. The van der Waals surface area contributed by atoms with Gasteiger partial charge in [-0.15, -0.1) is 0 Å². The smallest absolute Gasteiger partial charge is 0.0964 e. The van der Waals surface area contributed by atoms with E-state index in [1.165, 1.54) is 31.3 Å². The quantitative estimate of drug-likeness (QED) is 0.432. The van der Waals surface area contributed by atoms with Gasteiger partial charge in [0.25, 0.3) is 0 Å². The van der Waals surface area contributed by atoms with E-state index in [1.807, 2.05) is 0 Å². The Kier molecular flexibility index (Phi) is 3.57. The van der Waals surface area contributed by atoms with Gasteiger partial charge in [-0.2, -0.15) is 0 Å². The van der Waals surface area contributed by atoms with Gasteiger partial charge in [-0.05, 0) is 72.0 Å². The van der Waals surface area contributed by atoms with Crippen LogP contribution in [0.2, 0.25) is 0 Å². The van der Waals surface area contributed by atoms with E-state index in [4.69, 9.17) is 4.89 Å². The molecular weight excluding hydrogens is 308 g/mol. The summed E-state index contributed by atoms with van der Waals surface area (Å²) in [5.41, 5.74) is 4.77. The van der Waals surface area contributed by atoms with Gasteiger partial charge in [-0.25, -0.2) is 4.89 Å². The average Bonchev–Trinajstić information content (AvgIpc) is 2.75. The normalized spacial score (nSPS) is 51.1. The Morgan fingerprint density at radius 3 is 2.20 bits per heavy atom. The van der Waals surface area contributed by atoms with Crippen LogP contribution in [0.25, 0.3) is 0 Å². The number of hydrogen-bond donors (Lipinski definition) is 1. The number of allylic oxidation sites excluding steroid dienone is 3. The first-order chi connectivity index (χ1) is 11.5. The molecule has 140 valence electrons. The van der Waals surface area contributed by atoms with Crippen LogP contribution in [0.3, 0.4) is 0 Å². The SMILES string of the molecule is CC1(C)CC[C@@]2(C)C3=CC=C4C[C@@H](OO)CC[C@]4(C)[C@@]3(C)CC[C@]12C. The van der Waals surface area contributed by atoms with Gasteiger partial charge in [0.1, 0.15) is 0 Å². The summed E-state index contributed by atoms with van der Waals surface area (Å²) in [7, 11) is 0. The lowest BCUT2D eigenvalue weighted by molar-refractivity contribution is -0.284. The first kappa shape index (κ1) is 17.8. The lowest BCUT2D eigenvalue weighted by atomic mass is 9.39. The van der Waals surface area contributed by atoms with Gasteiger partial charge in [0.05, 0.1) is 6.10 Å². The molecular formula is C23H36O2. The summed E-state index contributed by atoms with van der Waals surface area (Å²) >= 11 is 0. The van der Waals surface area contributed by atoms with Gasteiger partial charge in [0.2, 0.25) is 0 Å². The Hall–Kier alpha value is -0.600. The maximum absolute atomic E-state index is 9.17. The molecule has 2 nitrogen and oxygen atoms in total. The Balaban J connectivity index is 1.84. The van der Waals surface area contributed by atoms with Gasteiger partial charge >= 0.3 is 0 Å². The molecule has 0 aliphatic heterocycles. The summed E-state index contributed by atoms with van der Waals surface area (Å²) in [5, 5.41) is 9.17. The van der Waals surface area contributed by atoms with Crippen LogP contribution in [-0.4, -0.2) is 11.4 Å². The van der Waals surface area contributed by atoms with Crippen molar-refractivity contribution in [3.8, 4) is 0 Å². The maximum Gasteiger partial charge on any atom is 0.0964 e. The summed E-state index contributed by atoms with van der Waals surface area (Å²) in [4.78, 5) is 4.73. The third-order valence-corrected chi connectivity index (χ3v) is 10.2. The summed E-state index contributed by atoms with van der Waals surface area (Å²) in [6, 6.07) is 0. The second-order valence-electron chi connectivity index (χ2n) is 11.0. The minimum atomic E-state index is -0.0206. The fraction of sp³-hybridized carbons (Fsp3) is 0.826. The van der Waals surface area contributed by atoms with Gasteiger partial charge in [-0.1, -0.05) is 64.8 Å². The van der Waals surface area contributed by atoms with E-state index >= 15 is 0 Å². The van der Waals surface area contributed by atoms with Crippen LogP contribution < -0.4 is 0 Å². The largest absolute Gasteiger partial charge is 0.252 e. The zero-order valence-electron chi connectivity index (χ0n) is 17.0. The third kappa shape index (κ3) is 1.88. The molecule has 1 N–H and O–H groups in total. The molecule has 2 heteroatoms. The third-order valence-electron chi connectivity index (χ3n) is 10.2. The van der Waals surface area contributed by atoms with Crippen molar-refractivity contribution in [2.24, 2.45) is 27.1 Å². The van der Waals surface area contributed by atoms with Gasteiger partial charge in [0, 0.05) is 0 Å². The maximum atomic E-state index is 9.17. The van der Waals surface area contributed by atoms with Crippen LogP contribution in [0.5, 0.6) is 0 Å². The Morgan fingerprint density at radius 1 is 0.840 bits per heavy atom. The van der Waals surface area contributed by atoms with Crippen LogP contribution in [0.1, 0.15) is 86.5 Å². The van der Waals surface area contributed by atoms with Gasteiger partial charge in [0.15, 0.2) is 0 Å². The molecule has 0 spiro atoms. The summed E-state index contributed by atoms with van der Waals surface area (Å²) in [6.07, 6.45) is 13.1. The highest BCUT2D eigenvalue weighted by Gasteiger charge is 2.68. The second kappa shape index (κ2) is 5.01. The zero-order valence-corrected chi connectivity index (χ0v) is 17.0. The van der Waals surface area contributed by atoms with Crippen molar-refractivity contribution in [3.05, 3.63) is 23.3 Å². The van der Waals surface area contributed by atoms with Crippen molar-refractivity contribution in [2.75, 3.05) is 0 Å². The van der Waals surface area contributed by atoms with Gasteiger partial charge in [-0.3, -0.25) is 5.26 Å². The average molecular weight is 345 g/mol. The number of fused-ring (bicyclic) bond motifs is 5. The lowest BCUT2D eigenvalue weighted by Gasteiger charge is -2.65.